The second kappa shape index (κ2) is 5.50. The van der Waals surface area contributed by atoms with Gasteiger partial charge in [-0.3, -0.25) is 4.79 Å². The highest BCUT2D eigenvalue weighted by atomic mass is 16.5. The highest BCUT2D eigenvalue weighted by molar-refractivity contribution is 5.78. The van der Waals surface area contributed by atoms with Gasteiger partial charge in [-0.25, -0.2) is 0 Å². The van der Waals surface area contributed by atoms with Crippen molar-refractivity contribution in [2.24, 2.45) is 0 Å². The summed E-state index contributed by atoms with van der Waals surface area (Å²) in [5.74, 6) is 0. The van der Waals surface area contributed by atoms with E-state index in [1.54, 1.807) is 0 Å². The van der Waals surface area contributed by atoms with Gasteiger partial charge in [0, 0.05) is 24.3 Å². The molecule has 1 aromatic carbocycles. The molecule has 0 amide bonds. The van der Waals surface area contributed by atoms with Crippen molar-refractivity contribution >= 4 is 12.0 Å². The van der Waals surface area contributed by atoms with E-state index in [0.29, 0.717) is 6.54 Å². The zero-order valence-corrected chi connectivity index (χ0v) is 10.8. The van der Waals surface area contributed by atoms with Crippen LogP contribution in [0.15, 0.2) is 18.2 Å². The van der Waals surface area contributed by atoms with Crippen LogP contribution in [0, 0.1) is 6.92 Å². The Morgan fingerprint density at radius 2 is 2.28 bits per heavy atom. The topological polar surface area (TPSA) is 49.8 Å². The number of aliphatic hydroxyl groups excluding tert-OH is 1. The van der Waals surface area contributed by atoms with Crippen molar-refractivity contribution in [3.05, 3.63) is 29.3 Å². The van der Waals surface area contributed by atoms with E-state index >= 15 is 0 Å². The molecule has 0 aliphatic carbocycles. The maximum Gasteiger partial charge on any atom is 0.150 e. The summed E-state index contributed by atoms with van der Waals surface area (Å²) in [6.45, 7) is 5.45. The highest BCUT2D eigenvalue weighted by Crippen LogP contribution is 2.22. The minimum Gasteiger partial charge on any atom is -0.394 e. The molecule has 1 heterocycles. The molecule has 1 N–H and O–H groups in total. The summed E-state index contributed by atoms with van der Waals surface area (Å²) < 4.78 is 5.61. The van der Waals surface area contributed by atoms with Crippen LogP contribution in [-0.4, -0.2) is 43.3 Å². The molecule has 1 fully saturated rings. The smallest absolute Gasteiger partial charge is 0.150 e. The number of aliphatic hydroxyl groups is 1. The molecule has 1 aliphatic rings. The van der Waals surface area contributed by atoms with Crippen LogP contribution >= 0.6 is 0 Å². The predicted molar refractivity (Wildman–Crippen MR) is 70.2 cm³/mol. The number of anilines is 1. The van der Waals surface area contributed by atoms with Crippen LogP contribution < -0.4 is 4.90 Å². The number of ether oxygens (including phenoxy) is 1. The molecule has 0 radical (unpaired) electrons. The Bertz CT molecular complexity index is 433. The van der Waals surface area contributed by atoms with E-state index < -0.39 is 0 Å². The minimum absolute atomic E-state index is 0.0340. The van der Waals surface area contributed by atoms with Gasteiger partial charge in [0.25, 0.3) is 0 Å². The third kappa shape index (κ3) is 2.71. The average Bonchev–Trinajstić information content (AvgIpc) is 2.37. The van der Waals surface area contributed by atoms with E-state index in [9.17, 15) is 9.90 Å². The molecule has 18 heavy (non-hydrogen) atoms. The molecule has 4 heteroatoms. The van der Waals surface area contributed by atoms with Gasteiger partial charge < -0.3 is 14.7 Å². The third-order valence-electron chi connectivity index (χ3n) is 3.28. The first-order valence-electron chi connectivity index (χ1n) is 6.21. The Morgan fingerprint density at radius 1 is 1.50 bits per heavy atom. The highest BCUT2D eigenvalue weighted by Gasteiger charge is 2.24. The molecule has 2 atom stereocenters. The van der Waals surface area contributed by atoms with E-state index in [1.807, 2.05) is 32.0 Å². The van der Waals surface area contributed by atoms with Crippen molar-refractivity contribution in [1.29, 1.82) is 0 Å². The standard InChI is InChI=1S/C14H19NO3/c1-10-5-13(4-3-12(10)8-16)15-6-11(2)18-14(7-15)9-17/h3-5,8,11,14,17H,6-7,9H2,1-2H3. The Hall–Kier alpha value is -1.39. The molecule has 4 nitrogen and oxygen atoms in total. The molecule has 2 unspecified atom stereocenters. The van der Waals surface area contributed by atoms with Crippen molar-refractivity contribution in [3.63, 3.8) is 0 Å². The van der Waals surface area contributed by atoms with Crippen LogP contribution in [0.5, 0.6) is 0 Å². The number of rotatable bonds is 3. The second-order valence-corrected chi connectivity index (χ2v) is 4.82. The quantitative estimate of drug-likeness (QED) is 0.823. The van der Waals surface area contributed by atoms with Gasteiger partial charge >= 0.3 is 0 Å². The minimum atomic E-state index is -0.139. The summed E-state index contributed by atoms with van der Waals surface area (Å²) in [5.41, 5.74) is 2.77. The zero-order chi connectivity index (χ0) is 13.1. The van der Waals surface area contributed by atoms with Gasteiger partial charge in [0.15, 0.2) is 0 Å². The van der Waals surface area contributed by atoms with Crippen molar-refractivity contribution < 1.29 is 14.6 Å². The fourth-order valence-corrected chi connectivity index (χ4v) is 2.35. The van der Waals surface area contributed by atoms with Crippen LogP contribution in [-0.2, 0) is 4.74 Å². The van der Waals surface area contributed by atoms with Gasteiger partial charge in [0.05, 0.1) is 18.8 Å². The van der Waals surface area contributed by atoms with Crippen molar-refractivity contribution in [1.82, 2.24) is 0 Å². The maximum absolute atomic E-state index is 10.8. The van der Waals surface area contributed by atoms with E-state index in [-0.39, 0.29) is 18.8 Å². The normalized spacial score (nSPS) is 24.1. The Balaban J connectivity index is 2.20. The number of hydrogen-bond acceptors (Lipinski definition) is 4. The number of morpholine rings is 1. The van der Waals surface area contributed by atoms with Crippen LogP contribution in [0.1, 0.15) is 22.8 Å². The lowest BCUT2D eigenvalue weighted by Crippen LogP contribution is -2.48. The van der Waals surface area contributed by atoms with E-state index in [0.717, 1.165) is 29.6 Å². The molecular weight excluding hydrogens is 230 g/mol. The molecule has 98 valence electrons. The predicted octanol–water partition coefficient (Wildman–Crippen LogP) is 1.39. The third-order valence-corrected chi connectivity index (χ3v) is 3.28. The number of carbonyl (C=O) groups excluding carboxylic acids is 1. The number of nitrogens with zero attached hydrogens (tertiary/aromatic N) is 1. The Labute approximate surface area is 107 Å². The summed E-state index contributed by atoms with van der Waals surface area (Å²) in [5, 5.41) is 9.21. The van der Waals surface area contributed by atoms with Crippen LogP contribution in [0.4, 0.5) is 5.69 Å². The summed E-state index contributed by atoms with van der Waals surface area (Å²) in [4.78, 5) is 13.0. The van der Waals surface area contributed by atoms with Gasteiger partial charge in [-0.15, -0.1) is 0 Å². The number of aldehydes is 1. The van der Waals surface area contributed by atoms with Crippen LogP contribution in [0.25, 0.3) is 0 Å². The Kier molecular flexibility index (Phi) is 3.99. The van der Waals surface area contributed by atoms with Crippen molar-refractivity contribution in [2.45, 2.75) is 26.1 Å². The van der Waals surface area contributed by atoms with E-state index in [1.165, 1.54) is 0 Å². The fourth-order valence-electron chi connectivity index (χ4n) is 2.35. The first-order valence-corrected chi connectivity index (χ1v) is 6.21. The summed E-state index contributed by atoms with van der Waals surface area (Å²) in [6.07, 6.45) is 0.833. The first kappa shape index (κ1) is 13.1. The van der Waals surface area contributed by atoms with Gasteiger partial charge in [-0.1, -0.05) is 0 Å². The average molecular weight is 249 g/mol. The summed E-state index contributed by atoms with van der Waals surface area (Å²) in [7, 11) is 0. The molecule has 1 aromatic rings. The lowest BCUT2D eigenvalue weighted by molar-refractivity contribution is -0.0421. The Morgan fingerprint density at radius 3 is 2.89 bits per heavy atom. The molecule has 0 saturated carbocycles. The largest absolute Gasteiger partial charge is 0.394 e. The first-order chi connectivity index (χ1) is 8.63. The van der Waals surface area contributed by atoms with E-state index in [4.69, 9.17) is 4.74 Å². The van der Waals surface area contributed by atoms with Gasteiger partial charge in [-0.2, -0.15) is 0 Å². The number of benzene rings is 1. The molecule has 2 rings (SSSR count). The zero-order valence-electron chi connectivity index (χ0n) is 10.8. The molecule has 1 saturated heterocycles. The van der Waals surface area contributed by atoms with Gasteiger partial charge in [0.2, 0.25) is 0 Å². The molecule has 0 bridgehead atoms. The van der Waals surface area contributed by atoms with Crippen LogP contribution in [0.2, 0.25) is 0 Å². The fraction of sp³-hybridized carbons (Fsp3) is 0.500. The van der Waals surface area contributed by atoms with E-state index in [2.05, 4.69) is 4.90 Å². The molecule has 0 spiro atoms. The summed E-state index contributed by atoms with van der Waals surface area (Å²) in [6, 6.07) is 5.80. The second-order valence-electron chi connectivity index (χ2n) is 4.82. The number of aryl methyl sites for hydroxylation is 1. The lowest BCUT2D eigenvalue weighted by Gasteiger charge is -2.37. The van der Waals surface area contributed by atoms with Gasteiger partial charge in [0.1, 0.15) is 6.29 Å². The van der Waals surface area contributed by atoms with Crippen molar-refractivity contribution in [3.8, 4) is 0 Å². The SMILES string of the molecule is Cc1cc(N2CC(C)OC(CO)C2)ccc1C=O. The summed E-state index contributed by atoms with van der Waals surface area (Å²) >= 11 is 0. The molecule has 0 aromatic heterocycles. The van der Waals surface area contributed by atoms with Crippen LogP contribution in [0.3, 0.4) is 0 Å². The number of carbonyl (C=O) groups is 1. The molecular formula is C14H19NO3. The monoisotopic (exact) mass is 249 g/mol. The van der Waals surface area contributed by atoms with Crippen molar-refractivity contribution in [2.75, 3.05) is 24.6 Å². The van der Waals surface area contributed by atoms with Gasteiger partial charge in [-0.05, 0) is 37.6 Å². The number of hydrogen-bond donors (Lipinski definition) is 1. The maximum atomic E-state index is 10.8. The lowest BCUT2D eigenvalue weighted by atomic mass is 10.1. The molecule has 1 aliphatic heterocycles.